The molecule has 0 radical (unpaired) electrons. The van der Waals surface area contributed by atoms with E-state index in [0.29, 0.717) is 25.9 Å². The Morgan fingerprint density at radius 3 is 2.42 bits per heavy atom. The molecule has 1 N–H and O–H groups in total. The topological polar surface area (TPSA) is 75.7 Å². The van der Waals surface area contributed by atoms with Crippen LogP contribution in [0.1, 0.15) is 48.9 Å². The van der Waals surface area contributed by atoms with Gasteiger partial charge in [-0.1, -0.05) is 49.4 Å². The number of methoxy groups -OCH3 is 1. The van der Waals surface area contributed by atoms with Gasteiger partial charge < -0.3 is 10.1 Å². The highest BCUT2D eigenvalue weighted by Crippen LogP contribution is 2.26. The minimum absolute atomic E-state index is 0.000397. The number of rotatable bonds is 8. The fourth-order valence-electron chi connectivity index (χ4n) is 4.10. The van der Waals surface area contributed by atoms with Crippen LogP contribution in [0, 0.1) is 12.8 Å². The molecule has 2 aromatic rings. The Balaban J connectivity index is 1.57. The number of ether oxygens (including phenoxy) is 1. The maximum absolute atomic E-state index is 12.9. The third-order valence-corrected chi connectivity index (χ3v) is 7.81. The number of nitrogens with one attached hydrogen (secondary N) is 1. The van der Waals surface area contributed by atoms with E-state index in [-0.39, 0.29) is 23.6 Å². The van der Waals surface area contributed by atoms with E-state index in [1.54, 1.807) is 7.11 Å². The average Bonchev–Trinajstić information content (AvgIpc) is 2.77. The lowest BCUT2D eigenvalue weighted by molar-refractivity contribution is -0.126. The molecular formula is C24H32N2O4S. The number of hydrogen-bond donors (Lipinski definition) is 1. The molecule has 0 saturated carbocycles. The van der Waals surface area contributed by atoms with E-state index >= 15 is 0 Å². The molecule has 1 aliphatic rings. The molecule has 1 fully saturated rings. The fourth-order valence-corrected chi connectivity index (χ4v) is 5.66. The van der Waals surface area contributed by atoms with Crippen LogP contribution in [-0.4, -0.2) is 38.8 Å². The zero-order valence-corrected chi connectivity index (χ0v) is 19.3. The third kappa shape index (κ3) is 5.86. The quantitative estimate of drug-likeness (QED) is 0.672. The second-order valence-electron chi connectivity index (χ2n) is 8.11. The van der Waals surface area contributed by atoms with Crippen molar-refractivity contribution in [3.8, 4) is 5.75 Å². The van der Waals surface area contributed by atoms with Gasteiger partial charge in [0, 0.05) is 19.0 Å². The lowest BCUT2D eigenvalue weighted by Gasteiger charge is -2.31. The van der Waals surface area contributed by atoms with Crippen LogP contribution in [0.4, 0.5) is 0 Å². The smallest absolute Gasteiger partial charge is 0.223 e. The number of carbonyl (C=O) groups excluding carboxylic acids is 1. The van der Waals surface area contributed by atoms with Crippen molar-refractivity contribution in [1.82, 2.24) is 9.62 Å². The summed E-state index contributed by atoms with van der Waals surface area (Å²) >= 11 is 0. The number of sulfonamides is 1. The monoisotopic (exact) mass is 444 g/mol. The molecule has 0 spiro atoms. The van der Waals surface area contributed by atoms with E-state index in [9.17, 15) is 13.2 Å². The van der Waals surface area contributed by atoms with Gasteiger partial charge in [0.15, 0.2) is 0 Å². The van der Waals surface area contributed by atoms with Crippen molar-refractivity contribution in [2.45, 2.75) is 44.9 Å². The second-order valence-corrected chi connectivity index (χ2v) is 10.1. The number of piperidine rings is 1. The molecule has 1 saturated heterocycles. The van der Waals surface area contributed by atoms with Crippen LogP contribution in [0.25, 0.3) is 0 Å². The number of benzene rings is 2. The predicted octanol–water partition coefficient (Wildman–Crippen LogP) is 3.81. The molecule has 1 atom stereocenters. The summed E-state index contributed by atoms with van der Waals surface area (Å²) < 4.78 is 32.3. The zero-order chi connectivity index (χ0) is 22.4. The SMILES string of the molecule is CCC(NC(=O)C1CCN(S(=O)(=O)Cc2ccccc2)CC1)c1ccc(OC)c(C)c1. The van der Waals surface area contributed by atoms with Gasteiger partial charge >= 0.3 is 0 Å². The summed E-state index contributed by atoms with van der Waals surface area (Å²) in [6.45, 7) is 4.79. The minimum Gasteiger partial charge on any atom is -0.496 e. The van der Waals surface area contributed by atoms with E-state index < -0.39 is 10.0 Å². The van der Waals surface area contributed by atoms with E-state index in [0.717, 1.165) is 28.9 Å². The zero-order valence-electron chi connectivity index (χ0n) is 18.5. The Bertz CT molecular complexity index is 984. The highest BCUT2D eigenvalue weighted by atomic mass is 32.2. The van der Waals surface area contributed by atoms with Gasteiger partial charge in [0.25, 0.3) is 0 Å². The molecule has 3 rings (SSSR count). The lowest BCUT2D eigenvalue weighted by Crippen LogP contribution is -2.44. The van der Waals surface area contributed by atoms with Gasteiger partial charge in [0.1, 0.15) is 5.75 Å². The highest BCUT2D eigenvalue weighted by Gasteiger charge is 2.31. The molecule has 0 aliphatic carbocycles. The molecule has 1 unspecified atom stereocenters. The largest absolute Gasteiger partial charge is 0.496 e. The van der Waals surface area contributed by atoms with Crippen LogP contribution >= 0.6 is 0 Å². The number of amides is 1. The van der Waals surface area contributed by atoms with Crippen molar-refractivity contribution in [3.63, 3.8) is 0 Å². The summed E-state index contributed by atoms with van der Waals surface area (Å²) in [5, 5.41) is 3.16. The van der Waals surface area contributed by atoms with Crippen LogP contribution in [0.15, 0.2) is 48.5 Å². The van der Waals surface area contributed by atoms with Gasteiger partial charge in [0.2, 0.25) is 15.9 Å². The van der Waals surface area contributed by atoms with Crippen molar-refractivity contribution in [2.24, 2.45) is 5.92 Å². The van der Waals surface area contributed by atoms with Crippen molar-refractivity contribution in [3.05, 3.63) is 65.2 Å². The number of hydrogen-bond acceptors (Lipinski definition) is 4. The summed E-state index contributed by atoms with van der Waals surface area (Å²) in [5.74, 6) is 0.658. The van der Waals surface area contributed by atoms with Crippen LogP contribution < -0.4 is 10.1 Å². The number of aryl methyl sites for hydroxylation is 1. The molecule has 0 bridgehead atoms. The van der Waals surface area contributed by atoms with E-state index in [1.807, 2.05) is 62.4 Å². The predicted molar refractivity (Wildman–Crippen MR) is 122 cm³/mol. The molecule has 1 heterocycles. The Morgan fingerprint density at radius 2 is 1.84 bits per heavy atom. The Labute approximate surface area is 185 Å². The van der Waals surface area contributed by atoms with Crippen molar-refractivity contribution >= 4 is 15.9 Å². The highest BCUT2D eigenvalue weighted by molar-refractivity contribution is 7.88. The maximum Gasteiger partial charge on any atom is 0.223 e. The molecule has 7 heteroatoms. The van der Waals surface area contributed by atoms with Gasteiger partial charge in [-0.15, -0.1) is 0 Å². The van der Waals surface area contributed by atoms with Crippen molar-refractivity contribution in [1.29, 1.82) is 0 Å². The van der Waals surface area contributed by atoms with Crippen molar-refractivity contribution in [2.75, 3.05) is 20.2 Å². The third-order valence-electron chi connectivity index (χ3n) is 5.96. The summed E-state index contributed by atoms with van der Waals surface area (Å²) in [6.07, 6.45) is 1.86. The Morgan fingerprint density at radius 1 is 1.16 bits per heavy atom. The molecule has 0 aromatic heterocycles. The van der Waals surface area contributed by atoms with Crippen molar-refractivity contribution < 1.29 is 17.9 Å². The summed E-state index contributed by atoms with van der Waals surface area (Å²) in [7, 11) is -1.73. The second kappa shape index (κ2) is 10.3. The lowest BCUT2D eigenvalue weighted by atomic mass is 9.95. The van der Waals surface area contributed by atoms with Gasteiger partial charge in [-0.3, -0.25) is 4.79 Å². The number of carbonyl (C=O) groups is 1. The Kier molecular flexibility index (Phi) is 7.73. The summed E-state index contributed by atoms with van der Waals surface area (Å²) in [5.41, 5.74) is 2.87. The van der Waals surface area contributed by atoms with E-state index in [1.165, 1.54) is 4.31 Å². The van der Waals surface area contributed by atoms with Crippen LogP contribution in [0.2, 0.25) is 0 Å². The molecule has 2 aromatic carbocycles. The average molecular weight is 445 g/mol. The molecule has 168 valence electrons. The van der Waals surface area contributed by atoms with Crippen LogP contribution in [0.5, 0.6) is 5.75 Å². The van der Waals surface area contributed by atoms with Crippen LogP contribution in [-0.2, 0) is 20.6 Å². The fraction of sp³-hybridized carbons (Fsp3) is 0.458. The van der Waals surface area contributed by atoms with Gasteiger partial charge in [-0.05, 0) is 48.9 Å². The minimum atomic E-state index is -3.38. The van der Waals surface area contributed by atoms with Gasteiger partial charge in [0.05, 0.1) is 18.9 Å². The first-order valence-corrected chi connectivity index (χ1v) is 12.4. The van der Waals surface area contributed by atoms with E-state index in [4.69, 9.17) is 4.74 Å². The van der Waals surface area contributed by atoms with Crippen LogP contribution in [0.3, 0.4) is 0 Å². The van der Waals surface area contributed by atoms with Gasteiger partial charge in [-0.2, -0.15) is 0 Å². The first kappa shape index (κ1) is 23.3. The van der Waals surface area contributed by atoms with E-state index in [2.05, 4.69) is 5.32 Å². The molecule has 31 heavy (non-hydrogen) atoms. The first-order chi connectivity index (χ1) is 14.8. The molecule has 6 nitrogen and oxygen atoms in total. The summed E-state index contributed by atoms with van der Waals surface area (Å²) in [6, 6.07) is 15.1. The number of nitrogens with zero attached hydrogens (tertiary/aromatic N) is 1. The van der Waals surface area contributed by atoms with Gasteiger partial charge in [-0.25, -0.2) is 12.7 Å². The molecular weight excluding hydrogens is 412 g/mol. The standard InChI is InChI=1S/C24H32N2O4S/c1-4-22(21-10-11-23(30-3)18(2)16-21)25-24(27)20-12-14-26(15-13-20)31(28,29)17-19-8-6-5-7-9-19/h5-11,16,20,22H,4,12-15,17H2,1-3H3,(H,25,27). The molecule has 1 amide bonds. The Hall–Kier alpha value is -2.38. The normalized spacial score (nSPS) is 16.6. The molecule has 1 aliphatic heterocycles. The summed E-state index contributed by atoms with van der Waals surface area (Å²) in [4.78, 5) is 12.9. The maximum atomic E-state index is 12.9. The first-order valence-electron chi connectivity index (χ1n) is 10.8.